The molecule has 0 fully saturated rings. The predicted molar refractivity (Wildman–Crippen MR) is 126 cm³/mol. The lowest BCUT2D eigenvalue weighted by Crippen LogP contribution is -2.00. The Morgan fingerprint density at radius 3 is 2.00 bits per heavy atom. The first kappa shape index (κ1) is 18.1. The van der Waals surface area contributed by atoms with Crippen LogP contribution in [-0.2, 0) is 0 Å². The maximum atomic E-state index is 3.70. The van der Waals surface area contributed by atoms with Gasteiger partial charge >= 0.3 is 0 Å². The molecule has 0 N–H and O–H groups in total. The third kappa shape index (κ3) is 3.03. The largest absolute Gasteiger partial charge is 0.0587 e. The van der Waals surface area contributed by atoms with Gasteiger partial charge in [-0.1, -0.05) is 79.9 Å². The molecule has 0 saturated carbocycles. The van der Waals surface area contributed by atoms with Crippen LogP contribution in [0.1, 0.15) is 47.1 Å². The van der Waals surface area contributed by atoms with Gasteiger partial charge in [0.25, 0.3) is 0 Å². The number of allylic oxidation sites excluding steroid dienone is 3. The molecule has 0 unspecified atom stereocenters. The third-order valence-electron chi connectivity index (χ3n) is 5.81. The van der Waals surface area contributed by atoms with Gasteiger partial charge in [-0.3, -0.25) is 0 Å². The monoisotopic (exact) mass is 490 g/mol. The van der Waals surface area contributed by atoms with E-state index in [2.05, 4.69) is 106 Å². The quantitative estimate of drug-likeness (QED) is 0.337. The van der Waals surface area contributed by atoms with Gasteiger partial charge < -0.3 is 0 Å². The summed E-state index contributed by atoms with van der Waals surface area (Å²) >= 11 is 7.28. The first-order valence-corrected chi connectivity index (χ1v) is 11.3. The van der Waals surface area contributed by atoms with Crippen LogP contribution in [0, 0.1) is 6.92 Å². The molecule has 0 spiro atoms. The van der Waals surface area contributed by atoms with Gasteiger partial charge in [0.05, 0.1) is 0 Å². The highest BCUT2D eigenvalue weighted by molar-refractivity contribution is 9.10. The van der Waals surface area contributed by atoms with Gasteiger partial charge in [-0.15, -0.1) is 0 Å². The molecule has 0 radical (unpaired) electrons. The van der Waals surface area contributed by atoms with Crippen LogP contribution in [-0.4, -0.2) is 0 Å². The smallest absolute Gasteiger partial charge is 0.0181 e. The van der Waals surface area contributed by atoms with E-state index < -0.39 is 0 Å². The zero-order valence-corrected chi connectivity index (χ0v) is 18.9. The molecular formula is C26H20Br2. The fourth-order valence-corrected chi connectivity index (χ4v) is 5.17. The van der Waals surface area contributed by atoms with Gasteiger partial charge in [-0.2, -0.15) is 0 Å². The third-order valence-corrected chi connectivity index (χ3v) is 6.83. The molecule has 0 saturated heterocycles. The summed E-state index contributed by atoms with van der Waals surface area (Å²) in [4.78, 5) is 0. The Labute approximate surface area is 183 Å². The van der Waals surface area contributed by atoms with Crippen molar-refractivity contribution >= 4 is 48.6 Å². The Morgan fingerprint density at radius 1 is 0.607 bits per heavy atom. The van der Waals surface area contributed by atoms with Gasteiger partial charge in [0.2, 0.25) is 0 Å². The van der Waals surface area contributed by atoms with Crippen molar-refractivity contribution in [1.82, 2.24) is 0 Å². The summed E-state index contributed by atoms with van der Waals surface area (Å²) in [6, 6.07) is 24.6. The summed E-state index contributed by atoms with van der Waals surface area (Å²) in [6.45, 7) is 2.15. The van der Waals surface area contributed by atoms with Gasteiger partial charge in [0.1, 0.15) is 0 Å². The molecule has 5 rings (SSSR count). The number of hydrogen-bond acceptors (Lipinski definition) is 0. The van der Waals surface area contributed by atoms with Crippen LogP contribution in [0.4, 0.5) is 0 Å². The van der Waals surface area contributed by atoms with Crippen molar-refractivity contribution in [2.75, 3.05) is 0 Å². The first-order chi connectivity index (χ1) is 13.6. The van der Waals surface area contributed by atoms with Gasteiger partial charge in [0, 0.05) is 8.95 Å². The SMILES string of the molecule is Cc1ccc(C2=C3C(=C(c4ccc(Br)cc4)c4cc(Br)ccc43)CCC2)cc1. The molecule has 3 aromatic carbocycles. The van der Waals surface area contributed by atoms with Gasteiger partial charge in [0.15, 0.2) is 0 Å². The van der Waals surface area contributed by atoms with Crippen LogP contribution in [0.2, 0.25) is 0 Å². The maximum Gasteiger partial charge on any atom is 0.0181 e. The van der Waals surface area contributed by atoms with E-state index in [9.17, 15) is 0 Å². The summed E-state index contributed by atoms with van der Waals surface area (Å²) in [5, 5.41) is 0. The minimum Gasteiger partial charge on any atom is -0.0587 e. The Kier molecular flexibility index (Phi) is 4.65. The number of aryl methyl sites for hydroxylation is 1. The molecule has 3 aromatic rings. The average Bonchev–Trinajstić information content (AvgIpc) is 3.03. The van der Waals surface area contributed by atoms with E-state index in [0.717, 1.165) is 21.8 Å². The number of fused-ring (bicyclic) bond motifs is 3. The fraction of sp³-hybridized carbons (Fsp3) is 0.154. The molecule has 2 heteroatoms. The highest BCUT2D eigenvalue weighted by atomic mass is 79.9. The molecule has 0 amide bonds. The standard InChI is InChI=1S/C26H20Br2/c1-16-5-7-17(8-6-16)21-3-2-4-23-25(18-9-11-19(27)12-10-18)24-15-20(28)13-14-22(24)26(21)23/h5-15H,2-4H2,1H3. The van der Waals surface area contributed by atoms with Crippen molar-refractivity contribution in [3.63, 3.8) is 0 Å². The first-order valence-electron chi connectivity index (χ1n) is 9.72. The van der Waals surface area contributed by atoms with Crippen molar-refractivity contribution in [3.8, 4) is 0 Å². The van der Waals surface area contributed by atoms with E-state index in [-0.39, 0.29) is 0 Å². The lowest BCUT2D eigenvalue weighted by Gasteiger charge is -2.22. The molecule has 0 atom stereocenters. The zero-order chi connectivity index (χ0) is 19.3. The molecule has 0 heterocycles. The minimum absolute atomic E-state index is 1.12. The summed E-state index contributed by atoms with van der Waals surface area (Å²) in [5.74, 6) is 0. The highest BCUT2D eigenvalue weighted by Gasteiger charge is 2.32. The minimum atomic E-state index is 1.12. The Balaban J connectivity index is 1.81. The number of benzene rings is 3. The molecule has 28 heavy (non-hydrogen) atoms. The van der Waals surface area contributed by atoms with Crippen molar-refractivity contribution in [2.45, 2.75) is 26.2 Å². The van der Waals surface area contributed by atoms with Crippen molar-refractivity contribution in [2.24, 2.45) is 0 Å². The Hall–Kier alpha value is -1.90. The molecular weight excluding hydrogens is 472 g/mol. The van der Waals surface area contributed by atoms with Gasteiger partial charge in [-0.25, -0.2) is 0 Å². The molecule has 0 nitrogen and oxygen atoms in total. The lowest BCUT2D eigenvalue weighted by atomic mass is 9.82. The Bertz CT molecular complexity index is 1130. The number of hydrogen-bond donors (Lipinski definition) is 0. The summed E-state index contributed by atoms with van der Waals surface area (Å²) in [7, 11) is 0. The van der Waals surface area contributed by atoms with Crippen LogP contribution in [0.5, 0.6) is 0 Å². The fourth-order valence-electron chi connectivity index (χ4n) is 4.54. The molecule has 0 aliphatic heterocycles. The number of rotatable bonds is 2. The zero-order valence-electron chi connectivity index (χ0n) is 15.7. The number of halogens is 2. The lowest BCUT2D eigenvalue weighted by molar-refractivity contribution is 0.845. The second-order valence-electron chi connectivity index (χ2n) is 7.62. The van der Waals surface area contributed by atoms with E-state index in [1.807, 2.05) is 0 Å². The Morgan fingerprint density at radius 2 is 1.25 bits per heavy atom. The summed E-state index contributed by atoms with van der Waals surface area (Å²) in [5.41, 5.74) is 12.6. The normalized spacial score (nSPS) is 15.7. The van der Waals surface area contributed by atoms with Crippen LogP contribution in [0.15, 0.2) is 81.2 Å². The molecule has 2 aliphatic rings. The summed E-state index contributed by atoms with van der Waals surface area (Å²) in [6.07, 6.45) is 3.49. The predicted octanol–water partition coefficient (Wildman–Crippen LogP) is 8.43. The van der Waals surface area contributed by atoms with Crippen LogP contribution in [0.3, 0.4) is 0 Å². The molecule has 138 valence electrons. The van der Waals surface area contributed by atoms with Crippen molar-refractivity contribution < 1.29 is 0 Å². The van der Waals surface area contributed by atoms with E-state index >= 15 is 0 Å². The summed E-state index contributed by atoms with van der Waals surface area (Å²) < 4.78 is 2.26. The van der Waals surface area contributed by atoms with Crippen LogP contribution in [0.25, 0.3) is 16.7 Å². The second kappa shape index (κ2) is 7.17. The van der Waals surface area contributed by atoms with E-state index in [1.54, 1.807) is 0 Å². The van der Waals surface area contributed by atoms with E-state index in [1.165, 1.54) is 56.5 Å². The van der Waals surface area contributed by atoms with E-state index in [0.29, 0.717) is 0 Å². The average molecular weight is 492 g/mol. The molecule has 2 aliphatic carbocycles. The maximum absolute atomic E-state index is 3.70. The van der Waals surface area contributed by atoms with Crippen LogP contribution < -0.4 is 0 Å². The second-order valence-corrected chi connectivity index (χ2v) is 9.45. The highest BCUT2D eigenvalue weighted by Crippen LogP contribution is 2.53. The molecule has 0 aromatic heterocycles. The van der Waals surface area contributed by atoms with Crippen LogP contribution >= 0.6 is 31.9 Å². The van der Waals surface area contributed by atoms with Crippen molar-refractivity contribution in [1.29, 1.82) is 0 Å². The van der Waals surface area contributed by atoms with Crippen molar-refractivity contribution in [3.05, 3.63) is 109 Å². The topological polar surface area (TPSA) is 0 Å². The van der Waals surface area contributed by atoms with E-state index in [4.69, 9.17) is 0 Å². The molecule has 0 bridgehead atoms. The van der Waals surface area contributed by atoms with Gasteiger partial charge in [-0.05, 0) is 95.0 Å².